The number of hydrogen-bond donors (Lipinski definition) is 0. The van der Waals surface area contributed by atoms with Gasteiger partial charge in [-0.15, -0.1) is 0 Å². The van der Waals surface area contributed by atoms with E-state index in [0.29, 0.717) is 19.7 Å². The summed E-state index contributed by atoms with van der Waals surface area (Å²) in [6, 6.07) is 3.85. The van der Waals surface area contributed by atoms with Crippen molar-refractivity contribution < 1.29 is 14.3 Å². The number of aromatic nitrogens is 1. The number of hydrogen-bond acceptors (Lipinski definition) is 4. The molecule has 0 aliphatic heterocycles. The van der Waals surface area contributed by atoms with E-state index in [-0.39, 0.29) is 24.2 Å². The average Bonchev–Trinajstić information content (AvgIpc) is 2.70. The van der Waals surface area contributed by atoms with E-state index in [1.54, 1.807) is 19.3 Å². The van der Waals surface area contributed by atoms with Gasteiger partial charge < -0.3 is 9.64 Å². The van der Waals surface area contributed by atoms with E-state index in [1.807, 2.05) is 17.0 Å². The van der Waals surface area contributed by atoms with E-state index in [0.717, 1.165) is 37.2 Å². The van der Waals surface area contributed by atoms with Crippen LogP contribution in [0.2, 0.25) is 0 Å². The SMILES string of the molecule is CCCCC1CCC(C(=O)N(CCC(=O)OCC)Cc2ccncc2)CC1. The van der Waals surface area contributed by atoms with Crippen LogP contribution in [0.15, 0.2) is 24.5 Å². The maximum Gasteiger partial charge on any atom is 0.307 e. The third-order valence-electron chi connectivity index (χ3n) is 5.49. The molecule has 1 amide bonds. The van der Waals surface area contributed by atoms with E-state index < -0.39 is 0 Å². The molecule has 27 heavy (non-hydrogen) atoms. The minimum absolute atomic E-state index is 0.0897. The molecule has 0 bridgehead atoms. The number of carbonyl (C=O) groups excluding carboxylic acids is 2. The first-order chi connectivity index (χ1) is 13.1. The van der Waals surface area contributed by atoms with Crippen LogP contribution in [0.1, 0.15) is 70.8 Å². The summed E-state index contributed by atoms with van der Waals surface area (Å²) in [4.78, 5) is 30.8. The Kier molecular flexibility index (Phi) is 9.29. The Hall–Kier alpha value is -1.91. The summed E-state index contributed by atoms with van der Waals surface area (Å²) in [5.74, 6) is 0.812. The van der Waals surface area contributed by atoms with Crippen LogP contribution >= 0.6 is 0 Å². The fraction of sp³-hybridized carbons (Fsp3) is 0.682. The first kappa shape index (κ1) is 21.4. The van der Waals surface area contributed by atoms with Gasteiger partial charge in [0.1, 0.15) is 0 Å². The largest absolute Gasteiger partial charge is 0.466 e. The van der Waals surface area contributed by atoms with Gasteiger partial charge in [-0.3, -0.25) is 14.6 Å². The molecular formula is C22H34N2O3. The zero-order valence-electron chi connectivity index (χ0n) is 16.9. The van der Waals surface area contributed by atoms with Crippen molar-refractivity contribution >= 4 is 11.9 Å². The first-order valence-electron chi connectivity index (χ1n) is 10.5. The molecule has 0 spiro atoms. The minimum atomic E-state index is -0.242. The third kappa shape index (κ3) is 7.31. The van der Waals surface area contributed by atoms with Crippen LogP contribution < -0.4 is 0 Å². The summed E-state index contributed by atoms with van der Waals surface area (Å²) in [7, 11) is 0. The maximum absolute atomic E-state index is 13.2. The fourth-order valence-electron chi connectivity index (χ4n) is 3.88. The second-order valence-electron chi connectivity index (χ2n) is 7.53. The summed E-state index contributed by atoms with van der Waals surface area (Å²) in [6.45, 7) is 5.34. The van der Waals surface area contributed by atoms with Crippen molar-refractivity contribution in [1.82, 2.24) is 9.88 Å². The molecule has 1 heterocycles. The van der Waals surface area contributed by atoms with Gasteiger partial charge in [-0.2, -0.15) is 0 Å². The number of amides is 1. The highest BCUT2D eigenvalue weighted by Crippen LogP contribution is 2.33. The van der Waals surface area contributed by atoms with Crippen molar-refractivity contribution in [2.24, 2.45) is 11.8 Å². The highest BCUT2D eigenvalue weighted by atomic mass is 16.5. The van der Waals surface area contributed by atoms with Gasteiger partial charge in [0.2, 0.25) is 5.91 Å². The molecule has 0 radical (unpaired) electrons. The molecule has 1 saturated carbocycles. The number of pyridine rings is 1. The van der Waals surface area contributed by atoms with Gasteiger partial charge >= 0.3 is 5.97 Å². The van der Waals surface area contributed by atoms with Crippen molar-refractivity contribution in [3.8, 4) is 0 Å². The zero-order valence-corrected chi connectivity index (χ0v) is 16.9. The molecule has 1 fully saturated rings. The average molecular weight is 375 g/mol. The van der Waals surface area contributed by atoms with Gasteiger partial charge in [-0.1, -0.05) is 26.2 Å². The highest BCUT2D eigenvalue weighted by Gasteiger charge is 2.29. The lowest BCUT2D eigenvalue weighted by atomic mass is 9.79. The van der Waals surface area contributed by atoms with Gasteiger partial charge in [0.25, 0.3) is 0 Å². The Morgan fingerprint density at radius 1 is 1.15 bits per heavy atom. The van der Waals surface area contributed by atoms with Crippen molar-refractivity contribution in [3.63, 3.8) is 0 Å². The minimum Gasteiger partial charge on any atom is -0.466 e. The Morgan fingerprint density at radius 2 is 1.85 bits per heavy atom. The Bertz CT molecular complexity index is 568. The number of esters is 1. The summed E-state index contributed by atoms with van der Waals surface area (Å²) >= 11 is 0. The number of rotatable bonds is 10. The van der Waals surface area contributed by atoms with Crippen LogP contribution in [-0.2, 0) is 20.9 Å². The van der Waals surface area contributed by atoms with Gasteiger partial charge in [0.05, 0.1) is 13.0 Å². The molecule has 2 rings (SSSR count). The van der Waals surface area contributed by atoms with Crippen LogP contribution in [-0.4, -0.2) is 34.9 Å². The maximum atomic E-state index is 13.2. The van der Waals surface area contributed by atoms with Gasteiger partial charge in [-0.25, -0.2) is 0 Å². The normalized spacial score (nSPS) is 19.5. The van der Waals surface area contributed by atoms with E-state index in [2.05, 4.69) is 11.9 Å². The molecule has 5 heteroatoms. The van der Waals surface area contributed by atoms with Crippen LogP contribution in [0.3, 0.4) is 0 Å². The summed E-state index contributed by atoms with van der Waals surface area (Å²) in [6.07, 6.45) is 11.8. The van der Waals surface area contributed by atoms with Crippen LogP contribution in [0.25, 0.3) is 0 Å². The molecule has 0 unspecified atom stereocenters. The van der Waals surface area contributed by atoms with Crippen LogP contribution in [0, 0.1) is 11.8 Å². The van der Waals surface area contributed by atoms with E-state index in [4.69, 9.17) is 4.74 Å². The molecule has 1 aliphatic carbocycles. The molecule has 1 aromatic heterocycles. The van der Waals surface area contributed by atoms with Crippen molar-refractivity contribution in [2.75, 3.05) is 13.2 Å². The molecule has 5 nitrogen and oxygen atoms in total. The molecular weight excluding hydrogens is 340 g/mol. The molecule has 150 valence electrons. The lowest BCUT2D eigenvalue weighted by molar-refractivity contribution is -0.145. The molecule has 0 atom stereocenters. The van der Waals surface area contributed by atoms with Crippen molar-refractivity contribution in [3.05, 3.63) is 30.1 Å². The number of carbonyl (C=O) groups is 2. The van der Waals surface area contributed by atoms with Crippen LogP contribution in [0.4, 0.5) is 0 Å². The molecule has 0 aromatic carbocycles. The third-order valence-corrected chi connectivity index (χ3v) is 5.49. The predicted molar refractivity (Wildman–Crippen MR) is 106 cm³/mol. The number of unbranched alkanes of at least 4 members (excludes halogenated alkanes) is 1. The van der Waals surface area contributed by atoms with Gasteiger partial charge in [-0.05, 0) is 56.2 Å². The highest BCUT2D eigenvalue weighted by molar-refractivity contribution is 5.79. The number of nitrogens with zero attached hydrogens (tertiary/aromatic N) is 2. The van der Waals surface area contributed by atoms with E-state index >= 15 is 0 Å². The Labute approximate surface area is 163 Å². The standard InChI is InChI=1S/C22H34N2O3/c1-3-5-6-18-7-9-20(10-8-18)22(26)24(16-13-21(25)27-4-2)17-19-11-14-23-15-12-19/h11-12,14-15,18,20H,3-10,13,16-17H2,1-2H3. The Morgan fingerprint density at radius 3 is 2.48 bits per heavy atom. The fourth-order valence-corrected chi connectivity index (χ4v) is 3.88. The summed E-state index contributed by atoms with van der Waals surface area (Å²) in [5, 5.41) is 0. The molecule has 0 N–H and O–H groups in total. The van der Waals surface area contributed by atoms with E-state index in [9.17, 15) is 9.59 Å². The lowest BCUT2D eigenvalue weighted by Crippen LogP contribution is -2.38. The summed E-state index contributed by atoms with van der Waals surface area (Å²) < 4.78 is 5.03. The molecule has 0 saturated heterocycles. The zero-order chi connectivity index (χ0) is 19.5. The van der Waals surface area contributed by atoms with Crippen molar-refractivity contribution in [2.45, 2.75) is 71.8 Å². The topological polar surface area (TPSA) is 59.5 Å². The molecule has 1 aliphatic rings. The van der Waals surface area contributed by atoms with Gasteiger partial charge in [0, 0.05) is 31.4 Å². The second-order valence-corrected chi connectivity index (χ2v) is 7.53. The lowest BCUT2D eigenvalue weighted by Gasteiger charge is -2.32. The van der Waals surface area contributed by atoms with Crippen molar-refractivity contribution in [1.29, 1.82) is 0 Å². The van der Waals surface area contributed by atoms with Crippen LogP contribution in [0.5, 0.6) is 0 Å². The van der Waals surface area contributed by atoms with E-state index in [1.165, 1.54) is 19.3 Å². The van der Waals surface area contributed by atoms with Gasteiger partial charge in [0.15, 0.2) is 0 Å². The first-order valence-corrected chi connectivity index (χ1v) is 10.5. The number of ether oxygens (including phenoxy) is 1. The molecule has 1 aromatic rings. The Balaban J connectivity index is 1.94. The smallest absolute Gasteiger partial charge is 0.307 e. The second kappa shape index (κ2) is 11.7. The predicted octanol–water partition coefficient (Wildman–Crippen LogP) is 4.36. The quantitative estimate of drug-likeness (QED) is 0.571. The summed E-state index contributed by atoms with van der Waals surface area (Å²) in [5.41, 5.74) is 1.04. The monoisotopic (exact) mass is 374 g/mol.